The van der Waals surface area contributed by atoms with E-state index in [1.54, 1.807) is 10.6 Å². The highest BCUT2D eigenvalue weighted by Gasteiger charge is 2.17. The van der Waals surface area contributed by atoms with Gasteiger partial charge in [0, 0.05) is 29.2 Å². The van der Waals surface area contributed by atoms with Gasteiger partial charge in [0.2, 0.25) is 0 Å². The van der Waals surface area contributed by atoms with Crippen molar-refractivity contribution in [3.63, 3.8) is 0 Å². The zero-order chi connectivity index (χ0) is 19.7. The van der Waals surface area contributed by atoms with Gasteiger partial charge < -0.3 is 9.67 Å². The third-order valence-electron chi connectivity index (χ3n) is 4.96. The summed E-state index contributed by atoms with van der Waals surface area (Å²) in [4.78, 5) is 11.3. The molecule has 0 aliphatic rings. The molecule has 0 atom stereocenters. The Bertz CT molecular complexity index is 1150. The number of hydrogen-bond donors (Lipinski definition) is 1. The quantitative estimate of drug-likeness (QED) is 0.552. The van der Waals surface area contributed by atoms with Crippen molar-refractivity contribution in [3.05, 3.63) is 89.1 Å². The lowest BCUT2D eigenvalue weighted by Crippen LogP contribution is -2.10. The van der Waals surface area contributed by atoms with Crippen molar-refractivity contribution >= 4 is 16.9 Å². The number of aliphatic carboxylic acids is 1. The van der Waals surface area contributed by atoms with Crippen molar-refractivity contribution in [2.24, 2.45) is 0 Å². The van der Waals surface area contributed by atoms with E-state index in [1.807, 2.05) is 54.3 Å². The van der Waals surface area contributed by atoms with Gasteiger partial charge in [-0.2, -0.15) is 5.10 Å². The largest absolute Gasteiger partial charge is 0.480 e. The van der Waals surface area contributed by atoms with Crippen LogP contribution < -0.4 is 0 Å². The van der Waals surface area contributed by atoms with Gasteiger partial charge in [0.05, 0.1) is 12.7 Å². The Hall–Kier alpha value is -3.41. The van der Waals surface area contributed by atoms with Crippen LogP contribution in [0.1, 0.15) is 22.4 Å². The Labute approximate surface area is 161 Å². The summed E-state index contributed by atoms with van der Waals surface area (Å²) in [6, 6.07) is 14.5. The highest BCUT2D eigenvalue weighted by Crippen LogP contribution is 2.29. The van der Waals surface area contributed by atoms with Gasteiger partial charge in [0.1, 0.15) is 12.4 Å². The molecule has 0 spiro atoms. The highest BCUT2D eigenvalue weighted by molar-refractivity contribution is 5.87. The minimum atomic E-state index is -0.924. The molecule has 0 aliphatic carbocycles. The molecule has 4 aromatic rings. The molecule has 0 amide bonds. The topological polar surface area (TPSA) is 60.0 Å². The predicted molar refractivity (Wildman–Crippen MR) is 105 cm³/mol. The SMILES string of the molecule is Cc1c(Cc2cnn(Cc3ccccc3)c2)c2cc(F)ccc2n1CC(=O)O. The molecule has 2 heterocycles. The molecule has 4 rings (SSSR count). The summed E-state index contributed by atoms with van der Waals surface area (Å²) in [5, 5.41) is 14.4. The molecule has 0 saturated carbocycles. The van der Waals surface area contributed by atoms with Crippen LogP contribution in [0.25, 0.3) is 10.9 Å². The Morgan fingerprint density at radius 3 is 2.68 bits per heavy atom. The van der Waals surface area contributed by atoms with E-state index in [0.717, 1.165) is 33.3 Å². The minimum absolute atomic E-state index is 0.152. The number of carbonyl (C=O) groups is 1. The van der Waals surface area contributed by atoms with Crippen molar-refractivity contribution < 1.29 is 14.3 Å². The zero-order valence-corrected chi connectivity index (χ0v) is 15.5. The van der Waals surface area contributed by atoms with E-state index in [4.69, 9.17) is 0 Å². The van der Waals surface area contributed by atoms with Crippen LogP contribution in [0.5, 0.6) is 0 Å². The molecule has 0 saturated heterocycles. The number of aromatic nitrogens is 3. The molecular formula is C22H20FN3O2. The maximum Gasteiger partial charge on any atom is 0.323 e. The minimum Gasteiger partial charge on any atom is -0.480 e. The van der Waals surface area contributed by atoms with Crippen molar-refractivity contribution in [1.29, 1.82) is 0 Å². The molecule has 2 aromatic carbocycles. The molecule has 0 fully saturated rings. The number of fused-ring (bicyclic) bond motifs is 1. The smallest absolute Gasteiger partial charge is 0.323 e. The third kappa shape index (κ3) is 3.53. The summed E-state index contributed by atoms with van der Waals surface area (Å²) in [5.41, 5.74) is 4.65. The molecule has 28 heavy (non-hydrogen) atoms. The maximum atomic E-state index is 13.9. The fourth-order valence-electron chi connectivity index (χ4n) is 3.64. The highest BCUT2D eigenvalue weighted by atomic mass is 19.1. The Kier molecular flexibility index (Phi) is 4.69. The van der Waals surface area contributed by atoms with Crippen molar-refractivity contribution in [2.75, 3.05) is 0 Å². The van der Waals surface area contributed by atoms with Gasteiger partial charge in [0.25, 0.3) is 0 Å². The normalized spacial score (nSPS) is 11.2. The van der Waals surface area contributed by atoms with E-state index in [1.165, 1.54) is 12.1 Å². The van der Waals surface area contributed by atoms with Crippen LogP contribution in [0.3, 0.4) is 0 Å². The van der Waals surface area contributed by atoms with Crippen LogP contribution in [-0.2, 0) is 24.3 Å². The van der Waals surface area contributed by atoms with Crippen LogP contribution in [0.2, 0.25) is 0 Å². The number of carboxylic acid groups (broad SMARTS) is 1. The van der Waals surface area contributed by atoms with Gasteiger partial charge in [-0.1, -0.05) is 30.3 Å². The predicted octanol–water partition coefficient (Wildman–Crippen LogP) is 4.01. The van der Waals surface area contributed by atoms with Gasteiger partial charge >= 0.3 is 5.97 Å². The van der Waals surface area contributed by atoms with E-state index in [9.17, 15) is 14.3 Å². The summed E-state index contributed by atoms with van der Waals surface area (Å²) in [6.07, 6.45) is 4.35. The Morgan fingerprint density at radius 2 is 1.93 bits per heavy atom. The lowest BCUT2D eigenvalue weighted by atomic mass is 10.0. The molecular weight excluding hydrogens is 357 g/mol. The third-order valence-corrected chi connectivity index (χ3v) is 4.96. The van der Waals surface area contributed by atoms with Crippen molar-refractivity contribution in [3.8, 4) is 0 Å². The maximum absolute atomic E-state index is 13.9. The standard InChI is InChI=1S/C22H20FN3O2/c1-15-19(20-10-18(23)7-8-21(20)26(15)14-22(27)28)9-17-11-24-25(13-17)12-16-5-3-2-4-6-16/h2-8,10-11,13H,9,12,14H2,1H3,(H,27,28). The zero-order valence-electron chi connectivity index (χ0n) is 15.5. The van der Waals surface area contributed by atoms with E-state index in [2.05, 4.69) is 5.10 Å². The van der Waals surface area contributed by atoms with E-state index in [-0.39, 0.29) is 12.4 Å². The van der Waals surface area contributed by atoms with E-state index < -0.39 is 5.97 Å². The van der Waals surface area contributed by atoms with Crippen LogP contribution in [0.15, 0.2) is 60.9 Å². The number of hydrogen-bond acceptors (Lipinski definition) is 2. The first-order valence-corrected chi connectivity index (χ1v) is 9.05. The second-order valence-electron chi connectivity index (χ2n) is 6.91. The number of carboxylic acids is 1. The molecule has 142 valence electrons. The summed E-state index contributed by atoms with van der Waals surface area (Å²) >= 11 is 0. The monoisotopic (exact) mass is 377 g/mol. The van der Waals surface area contributed by atoms with Crippen LogP contribution in [0.4, 0.5) is 4.39 Å². The Morgan fingerprint density at radius 1 is 1.14 bits per heavy atom. The van der Waals surface area contributed by atoms with Gasteiger partial charge in [-0.3, -0.25) is 9.48 Å². The Balaban J connectivity index is 1.67. The number of halogens is 1. The molecule has 0 unspecified atom stereocenters. The second-order valence-corrected chi connectivity index (χ2v) is 6.91. The molecule has 0 radical (unpaired) electrons. The first kappa shape index (κ1) is 18.0. The van der Waals surface area contributed by atoms with Gasteiger partial charge in [-0.15, -0.1) is 0 Å². The van der Waals surface area contributed by atoms with Crippen molar-refractivity contribution in [2.45, 2.75) is 26.4 Å². The van der Waals surface area contributed by atoms with Crippen molar-refractivity contribution in [1.82, 2.24) is 14.3 Å². The summed E-state index contributed by atoms with van der Waals surface area (Å²) < 4.78 is 17.5. The average molecular weight is 377 g/mol. The van der Waals surface area contributed by atoms with Gasteiger partial charge in [0.15, 0.2) is 0 Å². The van der Waals surface area contributed by atoms with Crippen LogP contribution in [0, 0.1) is 12.7 Å². The lowest BCUT2D eigenvalue weighted by molar-refractivity contribution is -0.137. The molecule has 0 aliphatic heterocycles. The molecule has 2 aromatic heterocycles. The average Bonchev–Trinajstić information content (AvgIpc) is 3.20. The van der Waals surface area contributed by atoms with Gasteiger partial charge in [-0.25, -0.2) is 4.39 Å². The molecule has 6 heteroatoms. The fraction of sp³-hybridized carbons (Fsp3) is 0.182. The summed E-state index contributed by atoms with van der Waals surface area (Å²) in [7, 11) is 0. The second kappa shape index (κ2) is 7.31. The number of rotatable bonds is 6. The first-order chi connectivity index (χ1) is 13.5. The molecule has 1 N–H and O–H groups in total. The molecule has 5 nitrogen and oxygen atoms in total. The van der Waals surface area contributed by atoms with E-state index >= 15 is 0 Å². The van der Waals surface area contributed by atoms with Crippen LogP contribution >= 0.6 is 0 Å². The lowest BCUT2D eigenvalue weighted by Gasteiger charge is -2.05. The van der Waals surface area contributed by atoms with E-state index in [0.29, 0.717) is 13.0 Å². The summed E-state index contributed by atoms with van der Waals surface area (Å²) in [6.45, 7) is 2.40. The summed E-state index contributed by atoms with van der Waals surface area (Å²) in [5.74, 6) is -1.26. The van der Waals surface area contributed by atoms with Crippen LogP contribution in [-0.4, -0.2) is 25.4 Å². The number of benzene rings is 2. The number of nitrogens with zero attached hydrogens (tertiary/aromatic N) is 3. The molecule has 0 bridgehead atoms. The fourth-order valence-corrected chi connectivity index (χ4v) is 3.64. The van der Waals surface area contributed by atoms with Gasteiger partial charge in [-0.05, 0) is 41.8 Å². The first-order valence-electron chi connectivity index (χ1n) is 9.05.